The first-order chi connectivity index (χ1) is 12.1. The Labute approximate surface area is 150 Å². The van der Waals surface area contributed by atoms with E-state index in [1.165, 1.54) is 10.9 Å². The highest BCUT2D eigenvalue weighted by atomic mass is 32.1. The average molecular weight is 355 g/mol. The van der Waals surface area contributed by atoms with Crippen molar-refractivity contribution >= 4 is 17.2 Å². The van der Waals surface area contributed by atoms with Crippen LogP contribution in [-0.4, -0.2) is 28.4 Å². The van der Waals surface area contributed by atoms with Crippen LogP contribution in [0.4, 0.5) is 0 Å². The van der Waals surface area contributed by atoms with Gasteiger partial charge < -0.3 is 9.88 Å². The number of H-pyrrole nitrogens is 1. The molecule has 0 aliphatic carbocycles. The van der Waals surface area contributed by atoms with Crippen molar-refractivity contribution in [1.82, 2.24) is 9.88 Å². The second kappa shape index (κ2) is 7.66. The molecule has 1 aliphatic heterocycles. The Bertz CT molecular complexity index is 849. The van der Waals surface area contributed by atoms with E-state index in [4.69, 9.17) is 5.26 Å². The number of aryl methyl sites for hydroxylation is 2. The summed E-state index contributed by atoms with van der Waals surface area (Å²) < 4.78 is 0. The predicted octanol–water partition coefficient (Wildman–Crippen LogP) is 3.24. The molecule has 1 atom stereocenters. The van der Waals surface area contributed by atoms with Gasteiger partial charge in [0.2, 0.25) is 0 Å². The molecule has 2 aromatic rings. The number of piperidine rings is 1. The van der Waals surface area contributed by atoms with Gasteiger partial charge in [-0.25, -0.2) is 0 Å². The van der Waals surface area contributed by atoms with Crippen LogP contribution in [0.15, 0.2) is 28.4 Å². The van der Waals surface area contributed by atoms with Gasteiger partial charge in [0.15, 0.2) is 0 Å². The summed E-state index contributed by atoms with van der Waals surface area (Å²) in [6.45, 7) is 2.44. The van der Waals surface area contributed by atoms with Gasteiger partial charge in [0.05, 0.1) is 5.56 Å². The summed E-state index contributed by atoms with van der Waals surface area (Å²) >= 11 is 1.75. The SMILES string of the molecule is Cc1[nH]c(=O)c(C#N)cc1C(=O)N1CCCC[C@@H]1CCc1cccs1. The average Bonchev–Trinajstić information content (AvgIpc) is 3.13. The monoisotopic (exact) mass is 355 g/mol. The van der Waals surface area contributed by atoms with E-state index < -0.39 is 5.56 Å². The second-order valence-corrected chi connectivity index (χ2v) is 7.46. The van der Waals surface area contributed by atoms with Gasteiger partial charge >= 0.3 is 0 Å². The lowest BCUT2D eigenvalue weighted by atomic mass is 9.96. The highest BCUT2D eigenvalue weighted by Crippen LogP contribution is 2.25. The number of rotatable bonds is 4. The third-order valence-corrected chi connectivity index (χ3v) is 5.72. The van der Waals surface area contributed by atoms with Crippen LogP contribution in [-0.2, 0) is 6.42 Å². The van der Waals surface area contributed by atoms with Gasteiger partial charge in [0.1, 0.15) is 11.6 Å². The molecule has 3 heterocycles. The summed E-state index contributed by atoms with van der Waals surface area (Å²) in [5.41, 5.74) is 0.501. The van der Waals surface area contributed by atoms with Crippen molar-refractivity contribution < 1.29 is 4.79 Å². The first-order valence-corrected chi connectivity index (χ1v) is 9.45. The lowest BCUT2D eigenvalue weighted by molar-refractivity contribution is 0.0601. The topological polar surface area (TPSA) is 77.0 Å². The Morgan fingerprint density at radius 1 is 1.48 bits per heavy atom. The molecule has 0 aromatic carbocycles. The number of nitriles is 1. The highest BCUT2D eigenvalue weighted by molar-refractivity contribution is 7.09. The number of nitrogens with zero attached hydrogens (tertiary/aromatic N) is 2. The van der Waals surface area contributed by atoms with E-state index in [9.17, 15) is 9.59 Å². The first kappa shape index (κ1) is 17.4. The molecule has 25 heavy (non-hydrogen) atoms. The third kappa shape index (κ3) is 3.83. The maximum absolute atomic E-state index is 13.1. The lowest BCUT2D eigenvalue weighted by Gasteiger charge is -2.36. The van der Waals surface area contributed by atoms with Crippen LogP contribution >= 0.6 is 11.3 Å². The molecule has 1 aliphatic rings. The van der Waals surface area contributed by atoms with Crippen LogP contribution in [0, 0.1) is 18.3 Å². The molecule has 0 saturated carbocycles. The summed E-state index contributed by atoms with van der Waals surface area (Å²) in [4.78, 5) is 30.7. The van der Waals surface area contributed by atoms with E-state index in [-0.39, 0.29) is 17.5 Å². The summed E-state index contributed by atoms with van der Waals surface area (Å²) in [6, 6.07) is 7.69. The number of carbonyl (C=O) groups is 1. The zero-order valence-electron chi connectivity index (χ0n) is 14.2. The van der Waals surface area contributed by atoms with Gasteiger partial charge in [-0.1, -0.05) is 6.07 Å². The van der Waals surface area contributed by atoms with Crippen molar-refractivity contribution in [3.63, 3.8) is 0 Å². The van der Waals surface area contributed by atoms with Crippen molar-refractivity contribution in [1.29, 1.82) is 5.26 Å². The molecule has 6 heteroatoms. The Morgan fingerprint density at radius 3 is 3.04 bits per heavy atom. The Hall–Kier alpha value is -2.39. The van der Waals surface area contributed by atoms with Gasteiger partial charge in [0, 0.05) is 23.2 Å². The number of aromatic nitrogens is 1. The molecule has 0 spiro atoms. The maximum atomic E-state index is 13.1. The number of hydrogen-bond acceptors (Lipinski definition) is 4. The van der Waals surface area contributed by atoms with Gasteiger partial charge in [-0.15, -0.1) is 11.3 Å². The van der Waals surface area contributed by atoms with Crippen molar-refractivity contribution in [2.45, 2.75) is 45.1 Å². The Morgan fingerprint density at radius 2 is 2.32 bits per heavy atom. The Kier molecular flexibility index (Phi) is 5.34. The maximum Gasteiger partial charge on any atom is 0.266 e. The predicted molar refractivity (Wildman–Crippen MR) is 97.8 cm³/mol. The smallest absolute Gasteiger partial charge is 0.266 e. The zero-order chi connectivity index (χ0) is 17.8. The minimum Gasteiger partial charge on any atom is -0.336 e. The van der Waals surface area contributed by atoms with Crippen molar-refractivity contribution in [3.05, 3.63) is 55.6 Å². The molecule has 1 fully saturated rings. The fourth-order valence-electron chi connectivity index (χ4n) is 3.41. The number of nitrogens with one attached hydrogen (secondary N) is 1. The standard InChI is InChI=1S/C19H21N3O2S/c1-13-17(11-14(12-20)18(23)21-13)19(24)22-9-3-2-5-15(22)7-8-16-6-4-10-25-16/h4,6,10-11,15H,2-3,5,7-9H2,1H3,(H,21,23)/t15-/m1/s1. The summed E-state index contributed by atoms with van der Waals surface area (Å²) in [6.07, 6.45) is 5.05. The van der Waals surface area contributed by atoms with E-state index in [0.717, 1.165) is 38.6 Å². The first-order valence-electron chi connectivity index (χ1n) is 8.57. The molecule has 1 N–H and O–H groups in total. The molecule has 3 rings (SSSR count). The van der Waals surface area contributed by atoms with Crippen LogP contribution in [0.2, 0.25) is 0 Å². The third-order valence-electron chi connectivity index (χ3n) is 4.78. The summed E-state index contributed by atoms with van der Waals surface area (Å²) in [5, 5.41) is 11.1. The number of thiophene rings is 1. The second-order valence-electron chi connectivity index (χ2n) is 6.43. The number of hydrogen-bond donors (Lipinski definition) is 1. The molecular formula is C19H21N3O2S. The van der Waals surface area contributed by atoms with Crippen LogP contribution in [0.3, 0.4) is 0 Å². The minimum atomic E-state index is -0.440. The quantitative estimate of drug-likeness (QED) is 0.914. The summed E-state index contributed by atoms with van der Waals surface area (Å²) in [5.74, 6) is -0.0823. The zero-order valence-corrected chi connectivity index (χ0v) is 15.1. The highest BCUT2D eigenvalue weighted by Gasteiger charge is 2.28. The van der Waals surface area contributed by atoms with Crippen LogP contribution in [0.5, 0.6) is 0 Å². The number of carbonyl (C=O) groups excluding carboxylic acids is 1. The largest absolute Gasteiger partial charge is 0.336 e. The van der Waals surface area contributed by atoms with Crippen LogP contribution < -0.4 is 5.56 Å². The molecule has 0 unspecified atom stereocenters. The Balaban J connectivity index is 1.81. The van der Waals surface area contributed by atoms with E-state index in [1.54, 1.807) is 18.3 Å². The van der Waals surface area contributed by atoms with Crippen molar-refractivity contribution in [2.75, 3.05) is 6.54 Å². The van der Waals surface area contributed by atoms with Gasteiger partial charge in [-0.05, 0) is 56.5 Å². The van der Waals surface area contributed by atoms with E-state index in [1.807, 2.05) is 11.0 Å². The number of aromatic amines is 1. The number of pyridine rings is 1. The molecular weight excluding hydrogens is 334 g/mol. The van der Waals surface area contributed by atoms with Crippen molar-refractivity contribution in [2.24, 2.45) is 0 Å². The van der Waals surface area contributed by atoms with Crippen LogP contribution in [0.25, 0.3) is 0 Å². The molecule has 1 saturated heterocycles. The number of likely N-dealkylation sites (tertiary alicyclic amines) is 1. The van der Waals surface area contributed by atoms with E-state index in [2.05, 4.69) is 22.5 Å². The molecule has 1 amide bonds. The molecule has 0 bridgehead atoms. The summed E-state index contributed by atoms with van der Waals surface area (Å²) in [7, 11) is 0. The van der Waals surface area contributed by atoms with Crippen LogP contribution in [0.1, 0.15) is 52.2 Å². The van der Waals surface area contributed by atoms with E-state index >= 15 is 0 Å². The van der Waals surface area contributed by atoms with Gasteiger partial charge in [-0.2, -0.15) is 5.26 Å². The lowest BCUT2D eigenvalue weighted by Crippen LogP contribution is -2.44. The minimum absolute atomic E-state index is 0.0129. The fraction of sp³-hybridized carbons (Fsp3) is 0.421. The fourth-order valence-corrected chi connectivity index (χ4v) is 4.14. The van der Waals surface area contributed by atoms with Gasteiger partial charge in [-0.3, -0.25) is 9.59 Å². The normalized spacial score (nSPS) is 17.3. The van der Waals surface area contributed by atoms with Gasteiger partial charge in [0.25, 0.3) is 11.5 Å². The van der Waals surface area contributed by atoms with Crippen molar-refractivity contribution in [3.8, 4) is 6.07 Å². The molecule has 130 valence electrons. The molecule has 2 aromatic heterocycles. The molecule has 0 radical (unpaired) electrons. The molecule has 5 nitrogen and oxygen atoms in total. The van der Waals surface area contributed by atoms with E-state index in [0.29, 0.717) is 11.3 Å². The number of amides is 1.